The number of benzene rings is 2. The number of nitrogens with zero attached hydrogens (tertiary/aromatic N) is 4. The van der Waals surface area contributed by atoms with Gasteiger partial charge in [0.15, 0.2) is 0 Å². The summed E-state index contributed by atoms with van der Waals surface area (Å²) in [4.78, 5) is 21.2. The van der Waals surface area contributed by atoms with E-state index in [1.165, 1.54) is 24.5 Å². The predicted octanol–water partition coefficient (Wildman–Crippen LogP) is 4.86. The van der Waals surface area contributed by atoms with E-state index in [4.69, 9.17) is 16.3 Å². The zero-order valence-electron chi connectivity index (χ0n) is 16.8. The number of aromatic nitrogens is 4. The number of hydrogen-bond donors (Lipinski definition) is 1. The average molecular weight is 474 g/mol. The van der Waals surface area contributed by atoms with Crippen LogP contribution in [0.3, 0.4) is 0 Å². The zero-order valence-corrected chi connectivity index (χ0v) is 17.6. The van der Waals surface area contributed by atoms with Crippen molar-refractivity contribution in [3.8, 4) is 11.6 Å². The summed E-state index contributed by atoms with van der Waals surface area (Å²) in [7, 11) is 0. The van der Waals surface area contributed by atoms with Crippen LogP contribution in [0.4, 0.5) is 13.2 Å². The van der Waals surface area contributed by atoms with Crippen LogP contribution in [-0.2, 0) is 12.6 Å². The highest BCUT2D eigenvalue weighted by atomic mass is 35.5. The Kier molecular flexibility index (Phi) is 6.36. The van der Waals surface area contributed by atoms with Gasteiger partial charge in [0.25, 0.3) is 11.8 Å². The molecule has 2 heterocycles. The molecule has 7 nitrogen and oxygen atoms in total. The molecule has 2 aromatic heterocycles. The zero-order chi connectivity index (χ0) is 23.4. The van der Waals surface area contributed by atoms with Crippen LogP contribution in [0.25, 0.3) is 10.9 Å². The molecular weight excluding hydrogens is 459 g/mol. The van der Waals surface area contributed by atoms with Crippen molar-refractivity contribution in [2.24, 2.45) is 0 Å². The number of ether oxygens (including phenoxy) is 1. The summed E-state index contributed by atoms with van der Waals surface area (Å²) in [5, 5.41) is 11.5. The van der Waals surface area contributed by atoms with Crippen molar-refractivity contribution < 1.29 is 22.7 Å². The van der Waals surface area contributed by atoms with Gasteiger partial charge in [0, 0.05) is 30.7 Å². The lowest BCUT2D eigenvalue weighted by molar-refractivity contribution is -0.137. The minimum Gasteiger partial charge on any atom is -0.437 e. The van der Waals surface area contributed by atoms with Crippen LogP contribution >= 0.6 is 11.6 Å². The number of carbonyl (C=O) groups is 1. The Morgan fingerprint density at radius 2 is 1.79 bits per heavy atom. The quantitative estimate of drug-likeness (QED) is 0.430. The molecule has 0 spiro atoms. The number of nitrogens with one attached hydrogen (secondary N) is 1. The SMILES string of the molecule is O=C(NCCc1ncc(Cl)cn1)c1c(Oc2cccc(C(F)(F)F)c2)nnc2ccccc12. The molecule has 0 aliphatic carbocycles. The first-order valence-electron chi connectivity index (χ1n) is 9.66. The van der Waals surface area contributed by atoms with Crippen LogP contribution < -0.4 is 10.1 Å². The van der Waals surface area contributed by atoms with Gasteiger partial charge in [0.1, 0.15) is 17.1 Å². The van der Waals surface area contributed by atoms with E-state index in [0.29, 0.717) is 28.2 Å². The number of rotatable bonds is 6. The molecule has 0 atom stereocenters. The molecule has 0 saturated carbocycles. The molecule has 0 fully saturated rings. The van der Waals surface area contributed by atoms with Crippen LogP contribution in [0.5, 0.6) is 11.6 Å². The Balaban J connectivity index is 1.61. The fourth-order valence-electron chi connectivity index (χ4n) is 3.02. The van der Waals surface area contributed by atoms with Crippen molar-refractivity contribution in [3.05, 3.63) is 82.9 Å². The van der Waals surface area contributed by atoms with Crippen molar-refractivity contribution in [3.63, 3.8) is 0 Å². The van der Waals surface area contributed by atoms with Gasteiger partial charge in [-0.25, -0.2) is 9.97 Å². The van der Waals surface area contributed by atoms with E-state index in [-0.39, 0.29) is 23.7 Å². The standard InChI is InChI=1S/C22H15ClF3N5O2/c23-14-11-28-18(29-12-14)8-9-27-20(32)19-16-6-1-2-7-17(16)30-31-21(19)33-15-5-3-4-13(10-15)22(24,25)26/h1-7,10-12H,8-9H2,(H,27,32). The number of alkyl halides is 3. The van der Waals surface area contributed by atoms with Gasteiger partial charge in [-0.2, -0.15) is 13.2 Å². The largest absolute Gasteiger partial charge is 0.437 e. The molecule has 0 bridgehead atoms. The maximum absolute atomic E-state index is 13.1. The highest BCUT2D eigenvalue weighted by Gasteiger charge is 2.31. The third kappa shape index (κ3) is 5.35. The summed E-state index contributed by atoms with van der Waals surface area (Å²) < 4.78 is 44.8. The molecule has 0 radical (unpaired) electrons. The maximum Gasteiger partial charge on any atom is 0.416 e. The fraction of sp³-hybridized carbons (Fsp3) is 0.136. The van der Waals surface area contributed by atoms with Crippen molar-refractivity contribution in [2.45, 2.75) is 12.6 Å². The third-order valence-electron chi connectivity index (χ3n) is 4.55. The summed E-state index contributed by atoms with van der Waals surface area (Å²) in [6.45, 7) is 0.195. The lowest BCUT2D eigenvalue weighted by Gasteiger charge is -2.13. The van der Waals surface area contributed by atoms with Crippen LogP contribution in [0.1, 0.15) is 21.7 Å². The summed E-state index contributed by atoms with van der Waals surface area (Å²) in [5.74, 6) is -0.388. The Hall–Kier alpha value is -3.79. The van der Waals surface area contributed by atoms with Crippen molar-refractivity contribution >= 4 is 28.4 Å². The molecule has 2 aromatic carbocycles. The van der Waals surface area contributed by atoms with Gasteiger partial charge in [-0.1, -0.05) is 35.9 Å². The maximum atomic E-state index is 13.1. The highest BCUT2D eigenvalue weighted by molar-refractivity contribution is 6.30. The van der Waals surface area contributed by atoms with Crippen molar-refractivity contribution in [1.82, 2.24) is 25.5 Å². The van der Waals surface area contributed by atoms with Gasteiger partial charge in [-0.3, -0.25) is 4.79 Å². The topological polar surface area (TPSA) is 89.9 Å². The number of hydrogen-bond acceptors (Lipinski definition) is 6. The molecule has 1 N–H and O–H groups in total. The Labute approximate surface area is 190 Å². The number of halogens is 4. The summed E-state index contributed by atoms with van der Waals surface area (Å²) in [5.41, 5.74) is -0.405. The highest BCUT2D eigenvalue weighted by Crippen LogP contribution is 2.33. The number of fused-ring (bicyclic) bond motifs is 1. The van der Waals surface area contributed by atoms with E-state index in [0.717, 1.165) is 12.1 Å². The van der Waals surface area contributed by atoms with E-state index >= 15 is 0 Å². The van der Waals surface area contributed by atoms with Crippen LogP contribution in [0, 0.1) is 0 Å². The molecule has 0 aliphatic rings. The lowest BCUT2D eigenvalue weighted by atomic mass is 10.1. The second kappa shape index (κ2) is 9.37. The molecular formula is C22H15ClF3N5O2. The molecule has 4 aromatic rings. The first-order valence-corrected chi connectivity index (χ1v) is 10.0. The fourth-order valence-corrected chi connectivity index (χ4v) is 3.12. The van der Waals surface area contributed by atoms with E-state index in [1.807, 2.05) is 0 Å². The second-order valence-corrected chi connectivity index (χ2v) is 7.28. The average Bonchev–Trinajstić information content (AvgIpc) is 2.80. The second-order valence-electron chi connectivity index (χ2n) is 6.85. The Morgan fingerprint density at radius 3 is 2.55 bits per heavy atom. The summed E-state index contributed by atoms with van der Waals surface area (Å²) in [6, 6.07) is 11.0. The normalized spacial score (nSPS) is 11.4. The van der Waals surface area contributed by atoms with E-state index < -0.39 is 17.6 Å². The van der Waals surface area contributed by atoms with Crippen molar-refractivity contribution in [1.29, 1.82) is 0 Å². The summed E-state index contributed by atoms with van der Waals surface area (Å²) in [6.07, 6.45) is -1.30. The monoisotopic (exact) mass is 473 g/mol. The minimum absolute atomic E-state index is 0.0510. The van der Waals surface area contributed by atoms with Crippen LogP contribution in [0.2, 0.25) is 5.02 Å². The molecule has 0 unspecified atom stereocenters. The van der Waals surface area contributed by atoms with E-state index in [9.17, 15) is 18.0 Å². The molecule has 11 heteroatoms. The van der Waals surface area contributed by atoms with Gasteiger partial charge < -0.3 is 10.1 Å². The number of carbonyl (C=O) groups excluding carboxylic acids is 1. The van der Waals surface area contributed by atoms with Gasteiger partial charge in [0.2, 0.25) is 0 Å². The van der Waals surface area contributed by atoms with Gasteiger partial charge >= 0.3 is 6.18 Å². The van der Waals surface area contributed by atoms with Crippen molar-refractivity contribution in [2.75, 3.05) is 6.54 Å². The van der Waals surface area contributed by atoms with E-state index in [2.05, 4.69) is 25.5 Å². The predicted molar refractivity (Wildman–Crippen MR) is 114 cm³/mol. The number of amides is 1. The van der Waals surface area contributed by atoms with Crippen LogP contribution in [0.15, 0.2) is 60.9 Å². The smallest absolute Gasteiger partial charge is 0.416 e. The Morgan fingerprint density at radius 1 is 1.03 bits per heavy atom. The van der Waals surface area contributed by atoms with Gasteiger partial charge in [0.05, 0.1) is 16.1 Å². The van der Waals surface area contributed by atoms with E-state index in [1.54, 1.807) is 24.3 Å². The minimum atomic E-state index is -4.54. The molecule has 1 amide bonds. The first kappa shape index (κ1) is 22.4. The Bertz CT molecular complexity index is 1300. The molecule has 33 heavy (non-hydrogen) atoms. The summed E-state index contributed by atoms with van der Waals surface area (Å²) >= 11 is 5.77. The van der Waals surface area contributed by atoms with Gasteiger partial charge in [-0.05, 0) is 24.3 Å². The van der Waals surface area contributed by atoms with Gasteiger partial charge in [-0.15, -0.1) is 10.2 Å². The molecule has 0 aliphatic heterocycles. The van der Waals surface area contributed by atoms with Crippen LogP contribution in [-0.4, -0.2) is 32.6 Å². The molecule has 168 valence electrons. The third-order valence-corrected chi connectivity index (χ3v) is 4.74. The lowest BCUT2D eigenvalue weighted by Crippen LogP contribution is -2.27. The molecule has 4 rings (SSSR count). The molecule has 0 saturated heterocycles. The first-order chi connectivity index (χ1) is 15.8.